The quantitative estimate of drug-likeness (QED) is 0.611. The molecule has 1 heterocycles. The summed E-state index contributed by atoms with van der Waals surface area (Å²) < 4.78 is 55.8. The van der Waals surface area contributed by atoms with Crippen molar-refractivity contribution in [2.24, 2.45) is 5.92 Å². The van der Waals surface area contributed by atoms with Gasteiger partial charge in [-0.15, -0.1) is 0 Å². The fraction of sp³-hybridized carbons (Fsp3) is 0.462. The van der Waals surface area contributed by atoms with E-state index in [0.29, 0.717) is 18.6 Å². The summed E-state index contributed by atoms with van der Waals surface area (Å²) >= 11 is 0. The lowest BCUT2D eigenvalue weighted by atomic mass is 9.94. The lowest BCUT2D eigenvalue weighted by Crippen LogP contribution is -2.16. The average Bonchev–Trinajstić information content (AvgIpc) is 2.73. The third-order valence-electron chi connectivity index (χ3n) is 3.13. The van der Waals surface area contributed by atoms with Crippen molar-refractivity contribution in [3.63, 3.8) is 0 Å². The van der Waals surface area contributed by atoms with Gasteiger partial charge in [0.1, 0.15) is 5.82 Å². The second-order valence-corrected chi connectivity index (χ2v) is 4.63. The number of hydrogen-bond acceptors (Lipinski definition) is 2. The molecule has 1 aliphatic rings. The Hall–Kier alpha value is -1.43. The Labute approximate surface area is 107 Å². The summed E-state index contributed by atoms with van der Waals surface area (Å²) in [7, 11) is 0. The molecule has 2 unspecified atom stereocenters. The zero-order chi connectivity index (χ0) is 14.2. The second-order valence-electron chi connectivity index (χ2n) is 4.63. The lowest BCUT2D eigenvalue weighted by molar-refractivity contribution is -0.140. The summed E-state index contributed by atoms with van der Waals surface area (Å²) in [5, 5.41) is 0. The van der Waals surface area contributed by atoms with Crippen LogP contribution in [0.3, 0.4) is 0 Å². The predicted octanol–water partition coefficient (Wildman–Crippen LogP) is 3.45. The van der Waals surface area contributed by atoms with Gasteiger partial charge >= 0.3 is 6.18 Å². The predicted molar refractivity (Wildman–Crippen MR) is 59.3 cm³/mol. The second kappa shape index (κ2) is 4.92. The Morgan fingerprint density at radius 3 is 2.53 bits per heavy atom. The Morgan fingerprint density at radius 1 is 1.37 bits per heavy atom. The van der Waals surface area contributed by atoms with Crippen molar-refractivity contribution in [2.45, 2.75) is 25.6 Å². The molecule has 0 spiro atoms. The molecule has 1 saturated heterocycles. The van der Waals surface area contributed by atoms with E-state index in [4.69, 9.17) is 4.74 Å². The first-order valence-corrected chi connectivity index (χ1v) is 5.81. The minimum absolute atomic E-state index is 0.0480. The third kappa shape index (κ3) is 2.94. The van der Waals surface area contributed by atoms with Crippen molar-refractivity contribution in [3.05, 3.63) is 35.1 Å². The number of carbonyl (C=O) groups is 1. The fourth-order valence-electron chi connectivity index (χ4n) is 2.13. The monoisotopic (exact) mass is 276 g/mol. The highest BCUT2D eigenvalue weighted by atomic mass is 19.4. The Morgan fingerprint density at radius 2 is 2.05 bits per heavy atom. The van der Waals surface area contributed by atoms with Crippen molar-refractivity contribution >= 4 is 5.78 Å². The zero-order valence-electron chi connectivity index (χ0n) is 10.1. The minimum atomic E-state index is -4.75. The first-order chi connectivity index (χ1) is 8.79. The van der Waals surface area contributed by atoms with Gasteiger partial charge in [0.15, 0.2) is 5.78 Å². The number of ketones is 1. The van der Waals surface area contributed by atoms with Crippen LogP contribution >= 0.6 is 0 Å². The number of hydrogen-bond donors (Lipinski definition) is 0. The Bertz CT molecular complexity index is 496. The first-order valence-electron chi connectivity index (χ1n) is 5.81. The van der Waals surface area contributed by atoms with Crippen LogP contribution in [-0.2, 0) is 10.9 Å². The van der Waals surface area contributed by atoms with Gasteiger partial charge in [0.25, 0.3) is 0 Å². The first kappa shape index (κ1) is 14.0. The van der Waals surface area contributed by atoms with Crippen LogP contribution in [0.25, 0.3) is 0 Å². The highest BCUT2D eigenvalue weighted by Gasteiger charge is 2.35. The number of rotatable bonds is 2. The molecule has 19 heavy (non-hydrogen) atoms. The van der Waals surface area contributed by atoms with Crippen LogP contribution in [-0.4, -0.2) is 18.5 Å². The van der Waals surface area contributed by atoms with Crippen LogP contribution in [0.5, 0.6) is 0 Å². The standard InChI is InChI=1S/C13H12F4O2/c1-7-4-9(6-19-7)12(18)8-2-3-10(11(14)5-8)13(15,16)17/h2-3,5,7,9H,4,6H2,1H3. The van der Waals surface area contributed by atoms with E-state index < -0.39 is 23.5 Å². The van der Waals surface area contributed by atoms with E-state index in [1.807, 2.05) is 0 Å². The van der Waals surface area contributed by atoms with Gasteiger partial charge < -0.3 is 4.74 Å². The van der Waals surface area contributed by atoms with Crippen LogP contribution in [0, 0.1) is 11.7 Å². The molecule has 0 aliphatic carbocycles. The molecule has 0 N–H and O–H groups in total. The minimum Gasteiger partial charge on any atom is -0.378 e. The molecule has 1 fully saturated rings. The number of Topliss-reactive ketones (excluding diaryl/α,β-unsaturated/α-hetero) is 1. The number of halogens is 4. The molecule has 2 rings (SSSR count). The lowest BCUT2D eigenvalue weighted by Gasteiger charge is -2.10. The molecular weight excluding hydrogens is 264 g/mol. The van der Waals surface area contributed by atoms with Crippen LogP contribution in [0.4, 0.5) is 17.6 Å². The van der Waals surface area contributed by atoms with E-state index in [0.717, 1.165) is 6.07 Å². The molecule has 0 amide bonds. The molecule has 1 aromatic rings. The summed E-state index contributed by atoms with van der Waals surface area (Å²) in [5.41, 5.74) is -1.41. The summed E-state index contributed by atoms with van der Waals surface area (Å²) in [5.74, 6) is -2.21. The highest BCUT2D eigenvalue weighted by Crippen LogP contribution is 2.32. The van der Waals surface area contributed by atoms with Crippen molar-refractivity contribution in [1.82, 2.24) is 0 Å². The largest absolute Gasteiger partial charge is 0.419 e. The summed E-state index contributed by atoms with van der Waals surface area (Å²) in [6, 6.07) is 2.26. The maximum Gasteiger partial charge on any atom is 0.419 e. The fourth-order valence-corrected chi connectivity index (χ4v) is 2.13. The van der Waals surface area contributed by atoms with Gasteiger partial charge in [0.2, 0.25) is 0 Å². The van der Waals surface area contributed by atoms with Crippen LogP contribution in [0.15, 0.2) is 18.2 Å². The summed E-state index contributed by atoms with van der Waals surface area (Å²) in [6.07, 6.45) is -4.31. The smallest absolute Gasteiger partial charge is 0.378 e. The highest BCUT2D eigenvalue weighted by molar-refractivity contribution is 5.98. The molecule has 6 heteroatoms. The molecule has 104 valence electrons. The van der Waals surface area contributed by atoms with Gasteiger partial charge in [-0.1, -0.05) is 6.07 Å². The molecular formula is C13H12F4O2. The summed E-state index contributed by atoms with van der Waals surface area (Å²) in [4.78, 5) is 12.0. The van der Waals surface area contributed by atoms with Gasteiger partial charge in [0, 0.05) is 11.5 Å². The molecule has 2 nitrogen and oxygen atoms in total. The topological polar surface area (TPSA) is 26.3 Å². The van der Waals surface area contributed by atoms with Gasteiger partial charge in [0.05, 0.1) is 18.3 Å². The Balaban J connectivity index is 2.23. The van der Waals surface area contributed by atoms with Crippen molar-refractivity contribution in [2.75, 3.05) is 6.61 Å². The van der Waals surface area contributed by atoms with Crippen molar-refractivity contribution < 1.29 is 27.1 Å². The molecule has 0 radical (unpaired) electrons. The maximum atomic E-state index is 13.4. The molecule has 0 saturated carbocycles. The average molecular weight is 276 g/mol. The van der Waals surface area contributed by atoms with Crippen LogP contribution < -0.4 is 0 Å². The van der Waals surface area contributed by atoms with E-state index in [1.165, 1.54) is 0 Å². The molecule has 0 bridgehead atoms. The number of alkyl halides is 3. The summed E-state index contributed by atoms with van der Waals surface area (Å²) in [6.45, 7) is 2.03. The Kier molecular flexibility index (Phi) is 3.62. The third-order valence-corrected chi connectivity index (χ3v) is 3.13. The van der Waals surface area contributed by atoms with Crippen LogP contribution in [0.2, 0.25) is 0 Å². The van der Waals surface area contributed by atoms with Crippen LogP contribution in [0.1, 0.15) is 29.3 Å². The van der Waals surface area contributed by atoms with Gasteiger partial charge in [-0.3, -0.25) is 4.79 Å². The number of ether oxygens (including phenoxy) is 1. The van der Waals surface area contributed by atoms with Crippen molar-refractivity contribution in [1.29, 1.82) is 0 Å². The number of carbonyl (C=O) groups excluding carboxylic acids is 1. The SMILES string of the molecule is CC1CC(C(=O)c2ccc(C(F)(F)F)c(F)c2)CO1. The maximum absolute atomic E-state index is 13.4. The number of benzene rings is 1. The van der Waals surface area contributed by atoms with Crippen molar-refractivity contribution in [3.8, 4) is 0 Å². The van der Waals surface area contributed by atoms with Gasteiger partial charge in [-0.05, 0) is 25.5 Å². The molecule has 1 aliphatic heterocycles. The molecule has 0 aromatic heterocycles. The van der Waals surface area contributed by atoms with E-state index in [2.05, 4.69) is 0 Å². The normalized spacial score (nSPS) is 23.6. The van der Waals surface area contributed by atoms with E-state index in [1.54, 1.807) is 6.92 Å². The van der Waals surface area contributed by atoms with E-state index in [-0.39, 0.29) is 24.1 Å². The molecule has 2 atom stereocenters. The zero-order valence-corrected chi connectivity index (χ0v) is 10.1. The van der Waals surface area contributed by atoms with Gasteiger partial charge in [-0.2, -0.15) is 13.2 Å². The molecule has 1 aromatic carbocycles. The van der Waals surface area contributed by atoms with E-state index in [9.17, 15) is 22.4 Å². The van der Waals surface area contributed by atoms with E-state index >= 15 is 0 Å². The van der Waals surface area contributed by atoms with Gasteiger partial charge in [-0.25, -0.2) is 4.39 Å².